The van der Waals surface area contributed by atoms with E-state index in [1.54, 1.807) is 20.8 Å². The summed E-state index contributed by atoms with van der Waals surface area (Å²) in [4.78, 5) is 23.4. The lowest BCUT2D eigenvalue weighted by Crippen LogP contribution is -2.49. The van der Waals surface area contributed by atoms with Gasteiger partial charge in [-0.25, -0.2) is 4.79 Å². The zero-order chi connectivity index (χ0) is 15.4. The molecule has 0 radical (unpaired) electrons. The number of ether oxygens (including phenoxy) is 1. The molecule has 0 spiro atoms. The Hall–Kier alpha value is -1.72. The Bertz CT molecular complexity index is 471. The van der Waals surface area contributed by atoms with Crippen molar-refractivity contribution in [2.75, 3.05) is 0 Å². The summed E-state index contributed by atoms with van der Waals surface area (Å²) in [6.07, 6.45) is 0.168. The van der Waals surface area contributed by atoms with Crippen molar-refractivity contribution in [2.24, 2.45) is 0 Å². The van der Waals surface area contributed by atoms with Crippen molar-refractivity contribution in [3.05, 3.63) is 35.9 Å². The summed E-state index contributed by atoms with van der Waals surface area (Å²) in [6.45, 7) is 4.74. The summed E-state index contributed by atoms with van der Waals surface area (Å²) in [7, 11) is 0. The third kappa shape index (κ3) is 4.75. The minimum absolute atomic E-state index is 0.156. The van der Waals surface area contributed by atoms with E-state index in [1.165, 1.54) is 0 Å². The fourth-order valence-electron chi connectivity index (χ4n) is 1.54. The maximum atomic E-state index is 11.8. The van der Waals surface area contributed by atoms with Crippen molar-refractivity contribution in [1.29, 1.82) is 0 Å². The minimum atomic E-state index is -3.10. The van der Waals surface area contributed by atoms with E-state index in [-0.39, 0.29) is 6.42 Å². The van der Waals surface area contributed by atoms with E-state index in [4.69, 9.17) is 4.74 Å². The summed E-state index contributed by atoms with van der Waals surface area (Å²) in [5.41, 5.74) is -0.0196. The highest BCUT2D eigenvalue weighted by molar-refractivity contribution is 6.05. The Labute approximate surface area is 118 Å². The smallest absolute Gasteiger partial charge is 0.375 e. The molecule has 0 fully saturated rings. The number of aliphatic hydroxyl groups is 2. The first kappa shape index (κ1) is 16.3. The largest absolute Gasteiger partial charge is 0.456 e. The van der Waals surface area contributed by atoms with Crippen LogP contribution in [-0.2, 0) is 20.7 Å². The number of rotatable bonds is 5. The summed E-state index contributed by atoms with van der Waals surface area (Å²) < 4.78 is 4.82. The van der Waals surface area contributed by atoms with E-state index in [0.29, 0.717) is 6.42 Å². The van der Waals surface area contributed by atoms with Crippen molar-refractivity contribution in [3.63, 3.8) is 0 Å². The molecule has 2 N–H and O–H groups in total. The zero-order valence-electron chi connectivity index (χ0n) is 11.9. The van der Waals surface area contributed by atoms with Gasteiger partial charge in [0.05, 0.1) is 0 Å². The molecule has 1 aromatic carbocycles. The molecule has 0 aliphatic heterocycles. The number of benzene rings is 1. The molecular weight excluding hydrogens is 260 g/mol. The summed E-state index contributed by atoms with van der Waals surface area (Å²) in [5, 5.41) is 19.2. The molecule has 20 heavy (non-hydrogen) atoms. The van der Waals surface area contributed by atoms with Crippen LogP contribution in [0.5, 0.6) is 0 Å². The van der Waals surface area contributed by atoms with Crippen molar-refractivity contribution >= 4 is 11.8 Å². The van der Waals surface area contributed by atoms with Crippen molar-refractivity contribution in [2.45, 2.75) is 45.0 Å². The third-order valence-electron chi connectivity index (χ3n) is 2.56. The zero-order valence-corrected chi connectivity index (χ0v) is 11.9. The Morgan fingerprint density at radius 1 is 1.10 bits per heavy atom. The highest BCUT2D eigenvalue weighted by atomic mass is 16.6. The Kier molecular flexibility index (Phi) is 5.03. The summed E-state index contributed by atoms with van der Waals surface area (Å²) in [5.74, 6) is -5.42. The van der Waals surface area contributed by atoms with Crippen LogP contribution in [0.2, 0.25) is 0 Å². The van der Waals surface area contributed by atoms with Crippen LogP contribution in [0.15, 0.2) is 30.3 Å². The maximum Gasteiger partial charge on any atom is 0.375 e. The number of Topliss-reactive ketones (excluding diaryl/α,β-unsaturated/α-hetero) is 1. The number of carbonyl (C=O) groups is 2. The summed E-state index contributed by atoms with van der Waals surface area (Å²) in [6, 6.07) is 9.11. The van der Waals surface area contributed by atoms with Gasteiger partial charge in [0, 0.05) is 6.42 Å². The molecule has 0 aromatic heterocycles. The average molecular weight is 280 g/mol. The van der Waals surface area contributed by atoms with Gasteiger partial charge in [-0.15, -0.1) is 0 Å². The first-order valence-electron chi connectivity index (χ1n) is 6.38. The number of esters is 1. The topological polar surface area (TPSA) is 83.8 Å². The monoisotopic (exact) mass is 280 g/mol. The molecule has 0 amide bonds. The molecule has 1 rings (SSSR count). The number of ketones is 1. The molecular formula is C15H20O5. The standard InChI is InChI=1S/C15H20O5/c1-14(2,3)20-13(17)15(18,19)12(16)10-9-11-7-5-4-6-8-11/h4-8,18-19H,9-10H2,1-3H3. The van der Waals surface area contributed by atoms with Crippen molar-refractivity contribution in [1.82, 2.24) is 0 Å². The molecule has 0 atom stereocenters. The van der Waals surface area contributed by atoms with Crippen LogP contribution in [-0.4, -0.2) is 33.4 Å². The van der Waals surface area contributed by atoms with Gasteiger partial charge in [0.25, 0.3) is 0 Å². The second kappa shape index (κ2) is 6.15. The van der Waals surface area contributed by atoms with Gasteiger partial charge in [0.2, 0.25) is 5.78 Å². The lowest BCUT2D eigenvalue weighted by atomic mass is 10.0. The Morgan fingerprint density at radius 2 is 1.65 bits per heavy atom. The highest BCUT2D eigenvalue weighted by Gasteiger charge is 2.44. The molecule has 0 saturated carbocycles. The molecule has 5 nitrogen and oxygen atoms in total. The SMILES string of the molecule is CC(C)(C)OC(=O)C(O)(O)C(=O)CCc1ccccc1. The highest BCUT2D eigenvalue weighted by Crippen LogP contribution is 2.16. The number of carbonyl (C=O) groups excluding carboxylic acids is 2. The van der Waals surface area contributed by atoms with Crippen LogP contribution in [0.1, 0.15) is 32.8 Å². The first-order chi connectivity index (χ1) is 9.13. The fraction of sp³-hybridized carbons (Fsp3) is 0.467. The van der Waals surface area contributed by atoms with Gasteiger partial charge < -0.3 is 14.9 Å². The van der Waals surface area contributed by atoms with Crippen LogP contribution in [0.3, 0.4) is 0 Å². The third-order valence-corrected chi connectivity index (χ3v) is 2.56. The maximum absolute atomic E-state index is 11.8. The van der Waals surface area contributed by atoms with Crippen LogP contribution in [0, 0.1) is 0 Å². The van der Waals surface area contributed by atoms with E-state index in [9.17, 15) is 19.8 Å². The van der Waals surface area contributed by atoms with E-state index < -0.39 is 23.1 Å². The minimum Gasteiger partial charge on any atom is -0.456 e. The van der Waals surface area contributed by atoms with Crippen molar-refractivity contribution in [3.8, 4) is 0 Å². The lowest BCUT2D eigenvalue weighted by Gasteiger charge is -2.25. The predicted molar refractivity (Wildman–Crippen MR) is 72.8 cm³/mol. The first-order valence-corrected chi connectivity index (χ1v) is 6.38. The van der Waals surface area contributed by atoms with Crippen molar-refractivity contribution < 1.29 is 24.5 Å². The molecule has 0 aliphatic carbocycles. The van der Waals surface area contributed by atoms with Crippen LogP contribution >= 0.6 is 0 Å². The second-order valence-corrected chi connectivity index (χ2v) is 5.58. The molecule has 0 aliphatic rings. The molecule has 110 valence electrons. The Morgan fingerprint density at radius 3 is 2.15 bits per heavy atom. The number of hydrogen-bond donors (Lipinski definition) is 2. The van der Waals surface area contributed by atoms with Crippen LogP contribution < -0.4 is 0 Å². The van der Waals surface area contributed by atoms with Gasteiger partial charge in [0.15, 0.2) is 0 Å². The fourth-order valence-corrected chi connectivity index (χ4v) is 1.54. The van der Waals surface area contributed by atoms with E-state index in [1.807, 2.05) is 30.3 Å². The van der Waals surface area contributed by atoms with E-state index in [0.717, 1.165) is 5.56 Å². The Balaban J connectivity index is 2.63. The van der Waals surface area contributed by atoms with Gasteiger partial charge in [-0.3, -0.25) is 4.79 Å². The van der Waals surface area contributed by atoms with Gasteiger partial charge in [-0.05, 0) is 32.8 Å². The predicted octanol–water partition coefficient (Wildman–Crippen LogP) is 1.21. The molecule has 0 heterocycles. The normalized spacial score (nSPS) is 12.1. The van der Waals surface area contributed by atoms with Crippen LogP contribution in [0.4, 0.5) is 0 Å². The molecule has 0 saturated heterocycles. The van der Waals surface area contributed by atoms with Gasteiger partial charge in [0.1, 0.15) is 5.60 Å². The van der Waals surface area contributed by atoms with E-state index in [2.05, 4.69) is 0 Å². The summed E-state index contributed by atoms with van der Waals surface area (Å²) >= 11 is 0. The van der Waals surface area contributed by atoms with E-state index >= 15 is 0 Å². The second-order valence-electron chi connectivity index (χ2n) is 5.58. The average Bonchev–Trinajstić information content (AvgIpc) is 2.35. The van der Waals surface area contributed by atoms with Gasteiger partial charge in [-0.2, -0.15) is 0 Å². The van der Waals surface area contributed by atoms with Gasteiger partial charge >= 0.3 is 11.8 Å². The number of hydrogen-bond acceptors (Lipinski definition) is 5. The quantitative estimate of drug-likeness (QED) is 0.481. The van der Waals surface area contributed by atoms with Gasteiger partial charge in [-0.1, -0.05) is 30.3 Å². The van der Waals surface area contributed by atoms with Crippen LogP contribution in [0.25, 0.3) is 0 Å². The molecule has 5 heteroatoms. The molecule has 0 bridgehead atoms. The lowest BCUT2D eigenvalue weighted by molar-refractivity contribution is -0.216. The molecule has 1 aromatic rings. The number of aryl methyl sites for hydroxylation is 1. The molecule has 0 unspecified atom stereocenters.